The van der Waals surface area contributed by atoms with Gasteiger partial charge in [-0.05, 0) is 37.1 Å². The SMILES string of the molecule is Cc1cc(C)cc(NC(=O)C[C@H]2NCCNC2=O)c1. The second kappa shape index (κ2) is 5.84. The third kappa shape index (κ3) is 3.79. The normalized spacial score (nSPS) is 18.8. The third-order valence-electron chi connectivity index (χ3n) is 3.03. The molecule has 1 aromatic carbocycles. The maximum atomic E-state index is 11.9. The first-order chi connectivity index (χ1) is 9.04. The van der Waals surface area contributed by atoms with Crippen LogP contribution in [0.4, 0.5) is 5.69 Å². The highest BCUT2D eigenvalue weighted by Gasteiger charge is 2.23. The van der Waals surface area contributed by atoms with Crippen LogP contribution in [0.15, 0.2) is 18.2 Å². The molecule has 0 unspecified atom stereocenters. The zero-order valence-corrected chi connectivity index (χ0v) is 11.2. The molecule has 0 aliphatic carbocycles. The summed E-state index contributed by atoms with van der Waals surface area (Å²) >= 11 is 0. The average Bonchev–Trinajstić information content (AvgIpc) is 2.30. The van der Waals surface area contributed by atoms with E-state index in [2.05, 4.69) is 16.0 Å². The van der Waals surface area contributed by atoms with Crippen molar-refractivity contribution in [2.75, 3.05) is 18.4 Å². The molecule has 0 aromatic heterocycles. The molecule has 0 saturated carbocycles. The molecule has 0 radical (unpaired) electrons. The van der Waals surface area contributed by atoms with E-state index >= 15 is 0 Å². The fraction of sp³-hybridized carbons (Fsp3) is 0.429. The van der Waals surface area contributed by atoms with E-state index in [0.717, 1.165) is 16.8 Å². The van der Waals surface area contributed by atoms with Crippen LogP contribution >= 0.6 is 0 Å². The first-order valence-electron chi connectivity index (χ1n) is 6.44. The molecule has 1 atom stereocenters. The molecule has 5 heteroatoms. The van der Waals surface area contributed by atoms with Gasteiger partial charge in [0.15, 0.2) is 0 Å². The minimum absolute atomic E-state index is 0.109. The van der Waals surface area contributed by atoms with Crippen LogP contribution in [-0.2, 0) is 9.59 Å². The molecule has 0 bridgehead atoms. The molecule has 1 heterocycles. The Labute approximate surface area is 112 Å². The smallest absolute Gasteiger partial charge is 0.237 e. The van der Waals surface area contributed by atoms with Gasteiger partial charge in [0, 0.05) is 18.8 Å². The number of piperazine rings is 1. The van der Waals surface area contributed by atoms with E-state index in [-0.39, 0.29) is 18.2 Å². The molecule has 1 saturated heterocycles. The second-order valence-electron chi connectivity index (χ2n) is 4.93. The Kier molecular flexibility index (Phi) is 4.16. The average molecular weight is 261 g/mol. The van der Waals surface area contributed by atoms with E-state index in [0.29, 0.717) is 13.1 Å². The van der Waals surface area contributed by atoms with E-state index in [1.54, 1.807) is 0 Å². The van der Waals surface area contributed by atoms with Gasteiger partial charge in [0.2, 0.25) is 11.8 Å². The van der Waals surface area contributed by atoms with E-state index < -0.39 is 6.04 Å². The lowest BCUT2D eigenvalue weighted by molar-refractivity contribution is -0.127. The number of carbonyl (C=O) groups is 2. The molecule has 3 N–H and O–H groups in total. The zero-order valence-electron chi connectivity index (χ0n) is 11.2. The van der Waals surface area contributed by atoms with Gasteiger partial charge in [-0.3, -0.25) is 9.59 Å². The van der Waals surface area contributed by atoms with Crippen LogP contribution in [0.2, 0.25) is 0 Å². The molecule has 0 spiro atoms. The van der Waals surface area contributed by atoms with Gasteiger partial charge in [0.25, 0.3) is 0 Å². The van der Waals surface area contributed by atoms with Gasteiger partial charge in [-0.2, -0.15) is 0 Å². The summed E-state index contributed by atoms with van der Waals surface area (Å²) in [5, 5.41) is 8.61. The van der Waals surface area contributed by atoms with Crippen LogP contribution in [0, 0.1) is 13.8 Å². The Hall–Kier alpha value is -1.88. The minimum atomic E-state index is -0.431. The lowest BCUT2D eigenvalue weighted by atomic mass is 10.1. The van der Waals surface area contributed by atoms with E-state index in [1.807, 2.05) is 32.0 Å². The largest absolute Gasteiger partial charge is 0.353 e. The molecular formula is C14H19N3O2. The lowest BCUT2D eigenvalue weighted by Gasteiger charge is -2.22. The molecular weight excluding hydrogens is 242 g/mol. The van der Waals surface area contributed by atoms with Crippen LogP contribution in [0.3, 0.4) is 0 Å². The van der Waals surface area contributed by atoms with Crippen molar-refractivity contribution >= 4 is 17.5 Å². The van der Waals surface area contributed by atoms with Gasteiger partial charge < -0.3 is 16.0 Å². The summed E-state index contributed by atoms with van der Waals surface area (Å²) in [6.07, 6.45) is 0.152. The quantitative estimate of drug-likeness (QED) is 0.751. The third-order valence-corrected chi connectivity index (χ3v) is 3.03. The van der Waals surface area contributed by atoms with Crippen molar-refractivity contribution in [2.24, 2.45) is 0 Å². The number of amides is 2. The second-order valence-corrected chi connectivity index (χ2v) is 4.93. The van der Waals surface area contributed by atoms with Crippen molar-refractivity contribution in [1.29, 1.82) is 0 Å². The Morgan fingerprint density at radius 1 is 1.26 bits per heavy atom. The predicted octanol–water partition coefficient (Wildman–Crippen LogP) is 0.720. The number of aryl methyl sites for hydroxylation is 2. The van der Waals surface area contributed by atoms with Gasteiger partial charge in [-0.15, -0.1) is 0 Å². The fourth-order valence-electron chi connectivity index (χ4n) is 2.26. The fourth-order valence-corrected chi connectivity index (χ4v) is 2.26. The number of hydrogen-bond acceptors (Lipinski definition) is 3. The highest BCUT2D eigenvalue weighted by molar-refractivity contribution is 5.95. The van der Waals surface area contributed by atoms with Crippen molar-refractivity contribution in [3.05, 3.63) is 29.3 Å². The summed E-state index contributed by atoms with van der Waals surface area (Å²) in [6, 6.07) is 5.45. The summed E-state index contributed by atoms with van der Waals surface area (Å²) in [7, 11) is 0. The monoisotopic (exact) mass is 261 g/mol. The summed E-state index contributed by atoms with van der Waals surface area (Å²) < 4.78 is 0. The number of benzene rings is 1. The van der Waals surface area contributed by atoms with Crippen molar-refractivity contribution in [2.45, 2.75) is 26.3 Å². The molecule has 19 heavy (non-hydrogen) atoms. The van der Waals surface area contributed by atoms with Crippen LogP contribution < -0.4 is 16.0 Å². The van der Waals surface area contributed by atoms with Crippen LogP contribution in [0.1, 0.15) is 17.5 Å². The Morgan fingerprint density at radius 2 is 1.95 bits per heavy atom. The Bertz CT molecular complexity index is 479. The lowest BCUT2D eigenvalue weighted by Crippen LogP contribution is -2.53. The van der Waals surface area contributed by atoms with Gasteiger partial charge in [-0.25, -0.2) is 0 Å². The number of rotatable bonds is 3. The van der Waals surface area contributed by atoms with Crippen molar-refractivity contribution in [3.8, 4) is 0 Å². The summed E-state index contributed by atoms with van der Waals surface area (Å²) in [5.41, 5.74) is 2.98. The summed E-state index contributed by atoms with van der Waals surface area (Å²) in [6.45, 7) is 5.29. The van der Waals surface area contributed by atoms with Crippen molar-refractivity contribution in [1.82, 2.24) is 10.6 Å². The van der Waals surface area contributed by atoms with Crippen LogP contribution in [0.25, 0.3) is 0 Å². The summed E-state index contributed by atoms with van der Waals surface area (Å²) in [5.74, 6) is -0.263. The minimum Gasteiger partial charge on any atom is -0.353 e. The molecule has 2 rings (SSSR count). The van der Waals surface area contributed by atoms with Crippen molar-refractivity contribution < 1.29 is 9.59 Å². The molecule has 5 nitrogen and oxygen atoms in total. The van der Waals surface area contributed by atoms with Gasteiger partial charge in [0.1, 0.15) is 0 Å². The van der Waals surface area contributed by atoms with E-state index in [1.165, 1.54) is 0 Å². The van der Waals surface area contributed by atoms with Gasteiger partial charge in [-0.1, -0.05) is 6.07 Å². The van der Waals surface area contributed by atoms with Gasteiger partial charge in [0.05, 0.1) is 12.5 Å². The van der Waals surface area contributed by atoms with Crippen LogP contribution in [0.5, 0.6) is 0 Å². The number of hydrogen-bond donors (Lipinski definition) is 3. The first-order valence-corrected chi connectivity index (χ1v) is 6.44. The van der Waals surface area contributed by atoms with Crippen LogP contribution in [-0.4, -0.2) is 30.9 Å². The van der Waals surface area contributed by atoms with Gasteiger partial charge >= 0.3 is 0 Å². The standard InChI is InChI=1S/C14H19N3O2/c1-9-5-10(2)7-11(6-9)17-13(18)8-12-14(19)16-4-3-15-12/h5-7,12,15H,3-4,8H2,1-2H3,(H,16,19)(H,17,18)/t12-/m1/s1. The Balaban J connectivity index is 1.95. The zero-order chi connectivity index (χ0) is 13.8. The number of anilines is 1. The molecule has 1 aromatic rings. The number of nitrogens with one attached hydrogen (secondary N) is 3. The Morgan fingerprint density at radius 3 is 2.58 bits per heavy atom. The highest BCUT2D eigenvalue weighted by Crippen LogP contribution is 2.14. The number of carbonyl (C=O) groups excluding carboxylic acids is 2. The molecule has 1 aliphatic rings. The summed E-state index contributed by atoms with van der Waals surface area (Å²) in [4.78, 5) is 23.5. The first kappa shape index (κ1) is 13.5. The predicted molar refractivity (Wildman–Crippen MR) is 74.0 cm³/mol. The molecule has 1 fully saturated rings. The molecule has 2 amide bonds. The topological polar surface area (TPSA) is 70.2 Å². The molecule has 102 valence electrons. The van der Waals surface area contributed by atoms with Crippen molar-refractivity contribution in [3.63, 3.8) is 0 Å². The highest BCUT2D eigenvalue weighted by atomic mass is 16.2. The van der Waals surface area contributed by atoms with E-state index in [4.69, 9.17) is 0 Å². The maximum Gasteiger partial charge on any atom is 0.237 e. The maximum absolute atomic E-state index is 11.9. The van der Waals surface area contributed by atoms with E-state index in [9.17, 15) is 9.59 Å². The molecule has 1 aliphatic heterocycles.